The van der Waals surface area contributed by atoms with Gasteiger partial charge in [0, 0.05) is 0 Å². The predicted molar refractivity (Wildman–Crippen MR) is 54.7 cm³/mol. The summed E-state index contributed by atoms with van der Waals surface area (Å²) in [5.74, 6) is -0.631. The number of benzene rings is 1. The fourth-order valence-electron chi connectivity index (χ4n) is 1.13. The minimum atomic E-state index is -0.991. The van der Waals surface area contributed by atoms with Crippen LogP contribution in [-0.4, -0.2) is 18.2 Å². The maximum absolute atomic E-state index is 10.8. The number of allylic oxidation sites excluding steroid dienone is 1. The topological polar surface area (TPSA) is 46.5 Å². The molecular formula is C11H12O3. The summed E-state index contributed by atoms with van der Waals surface area (Å²) in [6.07, 6.45) is 0. The van der Waals surface area contributed by atoms with E-state index in [0.29, 0.717) is 5.75 Å². The molecule has 1 aromatic carbocycles. The Bertz CT molecular complexity index is 380. The number of rotatable bonds is 3. The van der Waals surface area contributed by atoms with E-state index >= 15 is 0 Å². The normalized spacial score (nSPS) is 9.57. The number of carboxylic acid groups (broad SMARTS) is 1. The molecule has 0 aliphatic rings. The maximum Gasteiger partial charge on any atom is 0.339 e. The van der Waals surface area contributed by atoms with Gasteiger partial charge in [-0.1, -0.05) is 18.2 Å². The van der Waals surface area contributed by atoms with E-state index < -0.39 is 5.97 Å². The lowest BCUT2D eigenvalue weighted by molar-refractivity contribution is 0.0693. The van der Waals surface area contributed by atoms with Crippen LogP contribution in [0.1, 0.15) is 22.8 Å². The molecule has 0 aromatic heterocycles. The molecule has 1 N–H and O–H groups in total. The second-order valence-electron chi connectivity index (χ2n) is 3.00. The molecule has 0 bridgehead atoms. The predicted octanol–water partition coefficient (Wildman–Crippen LogP) is 2.43. The highest BCUT2D eigenvalue weighted by atomic mass is 16.5. The molecule has 0 unspecified atom stereocenters. The molecule has 0 heterocycles. The van der Waals surface area contributed by atoms with Crippen LogP contribution < -0.4 is 4.74 Å². The van der Waals surface area contributed by atoms with E-state index in [1.807, 2.05) is 6.92 Å². The number of methoxy groups -OCH3 is 1. The number of carbonyl (C=O) groups is 1. The lowest BCUT2D eigenvalue weighted by Crippen LogP contribution is -2.00. The Kier molecular flexibility index (Phi) is 2.92. The summed E-state index contributed by atoms with van der Waals surface area (Å²) in [5.41, 5.74) is 1.92. The average Bonchev–Trinajstić information content (AvgIpc) is 2.16. The van der Waals surface area contributed by atoms with E-state index in [9.17, 15) is 4.79 Å². The zero-order valence-corrected chi connectivity index (χ0v) is 8.20. The standard InChI is InChI=1S/C11H12O3/c1-7(2)8-4-5-9(11(12)13)10(6-8)14-3/h4-6H,1H2,2-3H3,(H,12,13). The highest BCUT2D eigenvalue weighted by molar-refractivity contribution is 5.91. The molecule has 0 amide bonds. The van der Waals surface area contributed by atoms with Crippen molar-refractivity contribution in [3.63, 3.8) is 0 Å². The quantitative estimate of drug-likeness (QED) is 0.800. The van der Waals surface area contributed by atoms with Crippen molar-refractivity contribution in [3.05, 3.63) is 35.9 Å². The van der Waals surface area contributed by atoms with E-state index in [-0.39, 0.29) is 5.56 Å². The molecule has 0 saturated carbocycles. The molecule has 1 rings (SSSR count). The molecule has 0 atom stereocenters. The minimum Gasteiger partial charge on any atom is -0.496 e. The molecule has 1 aromatic rings. The summed E-state index contributed by atoms with van der Waals surface area (Å²) in [6, 6.07) is 4.91. The summed E-state index contributed by atoms with van der Waals surface area (Å²) in [7, 11) is 1.45. The van der Waals surface area contributed by atoms with Crippen molar-refractivity contribution in [2.75, 3.05) is 7.11 Å². The summed E-state index contributed by atoms with van der Waals surface area (Å²) in [4.78, 5) is 10.8. The molecule has 0 spiro atoms. The van der Waals surface area contributed by atoms with Crippen molar-refractivity contribution in [2.24, 2.45) is 0 Å². The Morgan fingerprint density at radius 2 is 2.14 bits per heavy atom. The molecule has 3 nitrogen and oxygen atoms in total. The van der Waals surface area contributed by atoms with Crippen LogP contribution in [0.4, 0.5) is 0 Å². The maximum atomic E-state index is 10.8. The SMILES string of the molecule is C=C(C)c1ccc(C(=O)O)c(OC)c1. The Morgan fingerprint density at radius 1 is 1.50 bits per heavy atom. The molecule has 0 radical (unpaired) electrons. The van der Waals surface area contributed by atoms with Gasteiger partial charge in [0.15, 0.2) is 0 Å². The number of carboxylic acids is 1. The van der Waals surface area contributed by atoms with Crippen LogP contribution in [0, 0.1) is 0 Å². The van der Waals surface area contributed by atoms with E-state index in [0.717, 1.165) is 11.1 Å². The van der Waals surface area contributed by atoms with Gasteiger partial charge in [0.05, 0.1) is 7.11 Å². The fraction of sp³-hybridized carbons (Fsp3) is 0.182. The molecular weight excluding hydrogens is 180 g/mol. The molecule has 0 saturated heterocycles. The van der Waals surface area contributed by atoms with Crippen LogP contribution in [0.5, 0.6) is 5.75 Å². The monoisotopic (exact) mass is 192 g/mol. The van der Waals surface area contributed by atoms with Gasteiger partial charge in [-0.05, 0) is 24.6 Å². The van der Waals surface area contributed by atoms with Gasteiger partial charge >= 0.3 is 5.97 Å². The Hall–Kier alpha value is -1.77. The Labute approximate surface area is 82.6 Å². The number of ether oxygens (including phenoxy) is 1. The average molecular weight is 192 g/mol. The van der Waals surface area contributed by atoms with Crippen molar-refractivity contribution in [1.82, 2.24) is 0 Å². The van der Waals surface area contributed by atoms with Crippen molar-refractivity contribution in [1.29, 1.82) is 0 Å². The molecule has 0 aliphatic carbocycles. The third-order valence-corrected chi connectivity index (χ3v) is 1.92. The number of aromatic carboxylic acids is 1. The van der Waals surface area contributed by atoms with Crippen LogP contribution in [0.25, 0.3) is 5.57 Å². The van der Waals surface area contributed by atoms with E-state index in [2.05, 4.69) is 6.58 Å². The van der Waals surface area contributed by atoms with Crippen LogP contribution in [0.15, 0.2) is 24.8 Å². The van der Waals surface area contributed by atoms with Gasteiger partial charge in [-0.25, -0.2) is 4.79 Å². The van der Waals surface area contributed by atoms with Crippen LogP contribution in [0.2, 0.25) is 0 Å². The van der Waals surface area contributed by atoms with Crippen molar-refractivity contribution in [2.45, 2.75) is 6.92 Å². The summed E-state index contributed by atoms with van der Waals surface area (Å²) in [6.45, 7) is 5.63. The van der Waals surface area contributed by atoms with Gasteiger partial charge in [-0.3, -0.25) is 0 Å². The third-order valence-electron chi connectivity index (χ3n) is 1.92. The molecule has 3 heteroatoms. The van der Waals surface area contributed by atoms with Crippen LogP contribution in [0.3, 0.4) is 0 Å². The highest BCUT2D eigenvalue weighted by Gasteiger charge is 2.10. The zero-order valence-electron chi connectivity index (χ0n) is 8.20. The number of hydrogen-bond acceptors (Lipinski definition) is 2. The summed E-state index contributed by atoms with van der Waals surface area (Å²) < 4.78 is 4.98. The van der Waals surface area contributed by atoms with Crippen LogP contribution in [-0.2, 0) is 0 Å². The van der Waals surface area contributed by atoms with Gasteiger partial charge in [0.1, 0.15) is 11.3 Å². The van der Waals surface area contributed by atoms with E-state index in [1.54, 1.807) is 12.1 Å². The first kappa shape index (κ1) is 10.3. The van der Waals surface area contributed by atoms with E-state index in [1.165, 1.54) is 13.2 Å². The van der Waals surface area contributed by atoms with Gasteiger partial charge in [0.25, 0.3) is 0 Å². The lowest BCUT2D eigenvalue weighted by Gasteiger charge is -2.07. The van der Waals surface area contributed by atoms with Crippen molar-refractivity contribution >= 4 is 11.5 Å². The second-order valence-corrected chi connectivity index (χ2v) is 3.00. The largest absolute Gasteiger partial charge is 0.496 e. The highest BCUT2D eigenvalue weighted by Crippen LogP contribution is 2.23. The third kappa shape index (κ3) is 1.93. The summed E-state index contributed by atoms with van der Waals surface area (Å²) in [5, 5.41) is 8.82. The smallest absolute Gasteiger partial charge is 0.339 e. The van der Waals surface area contributed by atoms with Crippen LogP contribution >= 0.6 is 0 Å². The minimum absolute atomic E-state index is 0.164. The first-order valence-electron chi connectivity index (χ1n) is 4.13. The molecule has 14 heavy (non-hydrogen) atoms. The molecule has 0 aliphatic heterocycles. The lowest BCUT2D eigenvalue weighted by atomic mass is 10.1. The van der Waals surface area contributed by atoms with Gasteiger partial charge in [0.2, 0.25) is 0 Å². The van der Waals surface area contributed by atoms with E-state index in [4.69, 9.17) is 9.84 Å². The molecule has 0 fully saturated rings. The molecule has 74 valence electrons. The number of hydrogen-bond donors (Lipinski definition) is 1. The Balaban J connectivity index is 3.25. The Morgan fingerprint density at radius 3 is 2.57 bits per heavy atom. The van der Waals surface area contributed by atoms with Gasteiger partial charge < -0.3 is 9.84 Å². The zero-order chi connectivity index (χ0) is 10.7. The van der Waals surface area contributed by atoms with Gasteiger partial charge in [-0.15, -0.1) is 0 Å². The fourth-order valence-corrected chi connectivity index (χ4v) is 1.13. The first-order chi connectivity index (χ1) is 6.56. The van der Waals surface area contributed by atoms with Crippen molar-refractivity contribution in [3.8, 4) is 5.75 Å². The first-order valence-corrected chi connectivity index (χ1v) is 4.13. The summed E-state index contributed by atoms with van der Waals surface area (Å²) >= 11 is 0. The second kappa shape index (κ2) is 3.96. The van der Waals surface area contributed by atoms with Crippen molar-refractivity contribution < 1.29 is 14.6 Å². The van der Waals surface area contributed by atoms with Gasteiger partial charge in [-0.2, -0.15) is 0 Å².